The molecule has 0 unspecified atom stereocenters. The molecule has 29 heavy (non-hydrogen) atoms. The van der Waals surface area contributed by atoms with Crippen molar-refractivity contribution in [1.82, 2.24) is 9.62 Å². The number of carbonyl (C=O) groups excluding carboxylic acids is 1. The van der Waals surface area contributed by atoms with E-state index >= 15 is 0 Å². The Labute approximate surface area is 170 Å². The second kappa shape index (κ2) is 9.91. The minimum Gasteiger partial charge on any atom is -0.491 e. The summed E-state index contributed by atoms with van der Waals surface area (Å²) >= 11 is 0. The van der Waals surface area contributed by atoms with Crippen molar-refractivity contribution in [3.63, 3.8) is 0 Å². The first-order valence-corrected chi connectivity index (χ1v) is 11.1. The minimum atomic E-state index is -3.64. The largest absolute Gasteiger partial charge is 0.491 e. The van der Waals surface area contributed by atoms with Crippen LogP contribution in [0.15, 0.2) is 52.2 Å². The third-order valence-corrected chi connectivity index (χ3v) is 6.24. The maximum atomic E-state index is 12.6. The van der Waals surface area contributed by atoms with E-state index in [0.717, 1.165) is 0 Å². The fourth-order valence-electron chi connectivity index (χ4n) is 3.13. The van der Waals surface area contributed by atoms with E-state index in [0.29, 0.717) is 57.1 Å². The predicted molar refractivity (Wildman–Crippen MR) is 106 cm³/mol. The molecule has 0 aliphatic carbocycles. The van der Waals surface area contributed by atoms with Gasteiger partial charge in [-0.25, -0.2) is 13.1 Å². The molecule has 1 aromatic heterocycles. The Morgan fingerprint density at radius 1 is 1.17 bits per heavy atom. The molecule has 158 valence electrons. The number of nitrogens with one attached hydrogen (secondary N) is 1. The summed E-state index contributed by atoms with van der Waals surface area (Å²) in [6.45, 7) is 4.41. The van der Waals surface area contributed by atoms with Crippen LogP contribution in [0.1, 0.15) is 30.1 Å². The molecule has 0 bridgehead atoms. The van der Waals surface area contributed by atoms with Gasteiger partial charge in [0.25, 0.3) is 5.91 Å². The van der Waals surface area contributed by atoms with Crippen molar-refractivity contribution in [2.24, 2.45) is 0 Å². The number of hydrogen-bond donors (Lipinski definition) is 1. The summed E-state index contributed by atoms with van der Waals surface area (Å²) in [4.78, 5) is 14.2. The van der Waals surface area contributed by atoms with E-state index in [9.17, 15) is 13.2 Å². The van der Waals surface area contributed by atoms with Crippen LogP contribution in [0, 0.1) is 0 Å². The molecule has 1 saturated heterocycles. The normalized spacial score (nSPS) is 15.4. The lowest BCUT2D eigenvalue weighted by atomic mass is 10.1. The fraction of sp³-hybridized carbons (Fsp3) is 0.450. The molecule has 1 aliphatic rings. The zero-order valence-electron chi connectivity index (χ0n) is 16.4. The Morgan fingerprint density at radius 2 is 1.90 bits per heavy atom. The van der Waals surface area contributed by atoms with Crippen LogP contribution in [0.4, 0.5) is 0 Å². The summed E-state index contributed by atoms with van der Waals surface area (Å²) in [6.07, 6.45) is 3.99. The smallest absolute Gasteiger partial charge is 0.257 e. The lowest BCUT2D eigenvalue weighted by Crippen LogP contribution is -2.46. The van der Waals surface area contributed by atoms with E-state index < -0.39 is 10.0 Å². The summed E-state index contributed by atoms with van der Waals surface area (Å²) in [5.41, 5.74) is 0.507. The minimum absolute atomic E-state index is 0.0972. The highest BCUT2D eigenvalue weighted by Gasteiger charge is 2.27. The molecule has 3 rings (SSSR count). The van der Waals surface area contributed by atoms with Crippen LogP contribution in [0.5, 0.6) is 5.75 Å². The van der Waals surface area contributed by atoms with E-state index in [4.69, 9.17) is 13.9 Å². The Morgan fingerprint density at radius 3 is 2.52 bits per heavy atom. The lowest BCUT2D eigenvalue weighted by molar-refractivity contribution is 0.0710. The maximum absolute atomic E-state index is 12.6. The van der Waals surface area contributed by atoms with Gasteiger partial charge in [-0.3, -0.25) is 4.79 Å². The molecule has 0 spiro atoms. The number of amides is 1. The van der Waals surface area contributed by atoms with Gasteiger partial charge in [0.1, 0.15) is 18.6 Å². The quantitative estimate of drug-likeness (QED) is 0.623. The van der Waals surface area contributed by atoms with Gasteiger partial charge in [0, 0.05) is 25.7 Å². The first-order chi connectivity index (χ1) is 14.0. The van der Waals surface area contributed by atoms with E-state index in [1.165, 1.54) is 24.7 Å². The van der Waals surface area contributed by atoms with E-state index in [-0.39, 0.29) is 16.8 Å². The number of rotatable bonds is 9. The SMILES string of the molecule is CCOCCOc1ccc(S(=O)(=O)NC2CCN(C(=O)c3ccoc3)CC2)cc1. The topological polar surface area (TPSA) is 98.1 Å². The van der Waals surface area contributed by atoms with Crippen LogP contribution in [0.2, 0.25) is 0 Å². The number of piperidine rings is 1. The van der Waals surface area contributed by atoms with Crippen molar-refractivity contribution < 1.29 is 27.1 Å². The third-order valence-electron chi connectivity index (χ3n) is 4.71. The molecular formula is C20H26N2O6S. The van der Waals surface area contributed by atoms with Crippen molar-refractivity contribution in [2.75, 3.05) is 32.9 Å². The van der Waals surface area contributed by atoms with Gasteiger partial charge < -0.3 is 18.8 Å². The second-order valence-corrected chi connectivity index (χ2v) is 8.43. The number of likely N-dealkylation sites (tertiary alicyclic amines) is 1. The molecule has 1 aromatic carbocycles. The molecule has 2 heterocycles. The van der Waals surface area contributed by atoms with E-state index in [2.05, 4.69) is 4.72 Å². The van der Waals surface area contributed by atoms with Crippen molar-refractivity contribution >= 4 is 15.9 Å². The molecule has 0 radical (unpaired) electrons. The summed E-state index contributed by atoms with van der Waals surface area (Å²) in [7, 11) is -3.64. The summed E-state index contributed by atoms with van der Waals surface area (Å²) in [6, 6.07) is 7.72. The Hall–Kier alpha value is -2.36. The maximum Gasteiger partial charge on any atom is 0.257 e. The Kier molecular flexibility index (Phi) is 7.29. The molecule has 2 aromatic rings. The summed E-state index contributed by atoms with van der Waals surface area (Å²) in [5.74, 6) is 0.495. The average molecular weight is 423 g/mol. The first-order valence-electron chi connectivity index (χ1n) is 9.64. The van der Waals surface area contributed by atoms with E-state index in [1.807, 2.05) is 6.92 Å². The Bertz CT molecular complexity index is 872. The summed E-state index contributed by atoms with van der Waals surface area (Å²) in [5, 5.41) is 0. The number of hydrogen-bond acceptors (Lipinski definition) is 6. The number of benzene rings is 1. The van der Waals surface area contributed by atoms with Gasteiger partial charge in [-0.1, -0.05) is 0 Å². The van der Waals surface area contributed by atoms with Gasteiger partial charge in [-0.2, -0.15) is 0 Å². The fourth-order valence-corrected chi connectivity index (χ4v) is 4.44. The Balaban J connectivity index is 1.50. The van der Waals surface area contributed by atoms with Crippen molar-refractivity contribution in [1.29, 1.82) is 0 Å². The molecular weight excluding hydrogens is 396 g/mol. The van der Waals surface area contributed by atoms with Gasteiger partial charge in [0.15, 0.2) is 0 Å². The number of carbonyl (C=O) groups is 1. The zero-order valence-corrected chi connectivity index (χ0v) is 17.2. The summed E-state index contributed by atoms with van der Waals surface area (Å²) < 4.78 is 43.7. The molecule has 1 fully saturated rings. The predicted octanol–water partition coefficient (Wildman–Crippen LogP) is 2.28. The van der Waals surface area contributed by atoms with E-state index in [1.54, 1.807) is 23.1 Å². The van der Waals surface area contributed by atoms with Gasteiger partial charge >= 0.3 is 0 Å². The highest BCUT2D eigenvalue weighted by Crippen LogP contribution is 2.19. The van der Waals surface area contributed by atoms with Gasteiger partial charge in [-0.05, 0) is 50.1 Å². The van der Waals surface area contributed by atoms with Crippen LogP contribution < -0.4 is 9.46 Å². The van der Waals surface area contributed by atoms with Crippen molar-refractivity contribution in [3.05, 3.63) is 48.4 Å². The van der Waals surface area contributed by atoms with Crippen LogP contribution >= 0.6 is 0 Å². The number of ether oxygens (including phenoxy) is 2. The number of furan rings is 1. The third kappa shape index (κ3) is 5.81. The van der Waals surface area contributed by atoms with Crippen LogP contribution in [0.3, 0.4) is 0 Å². The van der Waals surface area contributed by atoms with Crippen molar-refractivity contribution in [2.45, 2.75) is 30.7 Å². The number of nitrogens with zero attached hydrogens (tertiary/aromatic N) is 1. The molecule has 1 amide bonds. The molecule has 8 nitrogen and oxygen atoms in total. The highest BCUT2D eigenvalue weighted by molar-refractivity contribution is 7.89. The molecule has 0 atom stereocenters. The van der Waals surface area contributed by atoms with Crippen molar-refractivity contribution in [3.8, 4) is 5.75 Å². The van der Waals surface area contributed by atoms with Crippen LogP contribution in [-0.4, -0.2) is 58.2 Å². The van der Waals surface area contributed by atoms with Crippen LogP contribution in [0.25, 0.3) is 0 Å². The first kappa shape index (κ1) is 21.4. The second-order valence-electron chi connectivity index (χ2n) is 6.72. The molecule has 0 saturated carbocycles. The lowest BCUT2D eigenvalue weighted by Gasteiger charge is -2.32. The highest BCUT2D eigenvalue weighted by atomic mass is 32.2. The molecule has 1 aliphatic heterocycles. The zero-order chi connectivity index (χ0) is 20.7. The van der Waals surface area contributed by atoms with Gasteiger partial charge in [-0.15, -0.1) is 0 Å². The molecule has 9 heteroatoms. The standard InChI is InChI=1S/C20H26N2O6S/c1-2-26-13-14-28-18-3-5-19(6-4-18)29(24,25)21-17-7-10-22(11-8-17)20(23)16-9-12-27-15-16/h3-6,9,12,15,17,21H,2,7-8,10-11,13-14H2,1H3. The average Bonchev–Trinajstić information content (AvgIpc) is 3.26. The number of sulfonamides is 1. The van der Waals surface area contributed by atoms with Crippen LogP contribution in [-0.2, 0) is 14.8 Å². The van der Waals surface area contributed by atoms with Gasteiger partial charge in [0.05, 0.1) is 23.3 Å². The van der Waals surface area contributed by atoms with Gasteiger partial charge in [0.2, 0.25) is 10.0 Å². The monoisotopic (exact) mass is 422 g/mol. The molecule has 1 N–H and O–H groups in total.